The van der Waals surface area contributed by atoms with E-state index in [1.807, 2.05) is 37.3 Å². The number of likely N-dealkylation sites (N-methyl/N-ethyl adjacent to an activating group) is 1. The summed E-state index contributed by atoms with van der Waals surface area (Å²) in [6.45, 7) is 3.77. The van der Waals surface area contributed by atoms with Crippen LogP contribution in [0.4, 0.5) is 0 Å². The fourth-order valence-electron chi connectivity index (χ4n) is 4.34. The molecule has 7 heteroatoms. The summed E-state index contributed by atoms with van der Waals surface area (Å²) in [4.78, 5) is 15.3. The number of carbonyl (C=O) groups is 1. The first-order valence-corrected chi connectivity index (χ1v) is 11.6. The Balaban J connectivity index is 2.06. The van der Waals surface area contributed by atoms with E-state index < -0.39 is 5.41 Å². The van der Waals surface area contributed by atoms with Gasteiger partial charge >= 0.3 is 5.97 Å². The van der Waals surface area contributed by atoms with Gasteiger partial charge in [-0.25, -0.2) is 0 Å². The van der Waals surface area contributed by atoms with E-state index in [0.717, 1.165) is 43.0 Å². The average Bonchev–Trinajstić information content (AvgIpc) is 2.88. The molecule has 188 valence electrons. The van der Waals surface area contributed by atoms with Gasteiger partial charge in [0.1, 0.15) is 0 Å². The van der Waals surface area contributed by atoms with Crippen molar-refractivity contribution in [2.45, 2.75) is 38.0 Å². The van der Waals surface area contributed by atoms with Gasteiger partial charge in [0.2, 0.25) is 0 Å². The zero-order valence-corrected chi connectivity index (χ0v) is 21.6. The molecule has 0 heterocycles. The maximum Gasteiger partial charge on any atom is 0.316 e. The molecule has 0 radical (unpaired) electrons. The van der Waals surface area contributed by atoms with Crippen molar-refractivity contribution >= 4 is 5.97 Å². The molecule has 0 amide bonds. The van der Waals surface area contributed by atoms with E-state index in [2.05, 4.69) is 18.0 Å². The maximum absolute atomic E-state index is 13.0. The summed E-state index contributed by atoms with van der Waals surface area (Å²) in [7, 11) is 10.0. The third kappa shape index (κ3) is 6.35. The van der Waals surface area contributed by atoms with Crippen LogP contribution in [0.25, 0.3) is 0 Å². The smallest absolute Gasteiger partial charge is 0.316 e. The highest BCUT2D eigenvalue weighted by atomic mass is 16.5. The van der Waals surface area contributed by atoms with Crippen molar-refractivity contribution in [2.75, 3.05) is 55.7 Å². The molecule has 0 fully saturated rings. The van der Waals surface area contributed by atoms with Crippen LogP contribution in [0.3, 0.4) is 0 Å². The Labute approximate surface area is 203 Å². The van der Waals surface area contributed by atoms with Crippen LogP contribution in [0, 0.1) is 0 Å². The molecule has 0 saturated heterocycles. The molecule has 0 N–H and O–H groups in total. The molecule has 7 nitrogen and oxygen atoms in total. The summed E-state index contributed by atoms with van der Waals surface area (Å²) in [5, 5.41) is 0. The summed E-state index contributed by atoms with van der Waals surface area (Å²) in [5.41, 5.74) is 1.33. The molecule has 1 unspecified atom stereocenters. The Hall–Kier alpha value is -2.93. The molecular formula is C27H39NO6. The third-order valence-electron chi connectivity index (χ3n) is 6.49. The van der Waals surface area contributed by atoms with Crippen LogP contribution in [0.5, 0.6) is 23.0 Å². The predicted octanol–water partition coefficient (Wildman–Crippen LogP) is 4.50. The van der Waals surface area contributed by atoms with E-state index in [1.54, 1.807) is 28.4 Å². The summed E-state index contributed by atoms with van der Waals surface area (Å²) in [6.07, 6.45) is 3.04. The second-order valence-corrected chi connectivity index (χ2v) is 8.34. The number of benzene rings is 2. The van der Waals surface area contributed by atoms with Crippen molar-refractivity contribution in [3.8, 4) is 23.0 Å². The van der Waals surface area contributed by atoms with Gasteiger partial charge < -0.3 is 28.6 Å². The Morgan fingerprint density at radius 3 is 1.97 bits per heavy atom. The highest BCUT2D eigenvalue weighted by Gasteiger charge is 2.39. The van der Waals surface area contributed by atoms with Crippen molar-refractivity contribution in [1.82, 2.24) is 4.90 Å². The summed E-state index contributed by atoms with van der Waals surface area (Å²) in [6, 6.07) is 11.7. The number of hydrogen-bond donors (Lipinski definition) is 0. The minimum atomic E-state index is -0.738. The monoisotopic (exact) mass is 473 g/mol. The molecule has 34 heavy (non-hydrogen) atoms. The molecule has 0 aliphatic carbocycles. The van der Waals surface area contributed by atoms with E-state index in [9.17, 15) is 4.79 Å². The van der Waals surface area contributed by atoms with Gasteiger partial charge in [-0.3, -0.25) is 4.79 Å². The van der Waals surface area contributed by atoms with E-state index in [-0.39, 0.29) is 5.97 Å². The van der Waals surface area contributed by atoms with E-state index in [0.29, 0.717) is 24.3 Å². The van der Waals surface area contributed by atoms with Crippen molar-refractivity contribution in [2.24, 2.45) is 0 Å². The standard InChI is InChI=1S/C27H39NO6/c1-8-27(26(29)34-7,21-11-13-23(31-4)25(19-21)33-6)15-9-16-28(2)17-14-20-10-12-22(30-3)24(18-20)32-5/h10-13,18-19H,8-9,14-17H2,1-7H3. The van der Waals surface area contributed by atoms with Gasteiger partial charge in [-0.1, -0.05) is 19.1 Å². The van der Waals surface area contributed by atoms with Crippen LogP contribution in [0.1, 0.15) is 37.3 Å². The average molecular weight is 474 g/mol. The molecule has 0 saturated carbocycles. The fraction of sp³-hybridized carbons (Fsp3) is 0.519. The van der Waals surface area contributed by atoms with Gasteiger partial charge in [-0.2, -0.15) is 0 Å². The quantitative estimate of drug-likeness (QED) is 0.374. The van der Waals surface area contributed by atoms with Crippen LogP contribution >= 0.6 is 0 Å². The summed E-state index contributed by atoms with van der Waals surface area (Å²) < 4.78 is 26.8. The fourth-order valence-corrected chi connectivity index (χ4v) is 4.34. The third-order valence-corrected chi connectivity index (χ3v) is 6.49. The van der Waals surface area contributed by atoms with Crippen LogP contribution in [0.2, 0.25) is 0 Å². The van der Waals surface area contributed by atoms with E-state index in [1.165, 1.54) is 12.7 Å². The molecule has 0 bridgehead atoms. The topological polar surface area (TPSA) is 66.5 Å². The van der Waals surface area contributed by atoms with Crippen LogP contribution in [-0.4, -0.2) is 66.6 Å². The van der Waals surface area contributed by atoms with Crippen molar-refractivity contribution < 1.29 is 28.5 Å². The first-order chi connectivity index (χ1) is 16.4. The number of methoxy groups -OCH3 is 5. The molecule has 1 atom stereocenters. The second-order valence-electron chi connectivity index (χ2n) is 8.34. The Kier molecular flexibility index (Phi) is 10.5. The Morgan fingerprint density at radius 2 is 1.41 bits per heavy atom. The first-order valence-electron chi connectivity index (χ1n) is 11.6. The van der Waals surface area contributed by atoms with Crippen molar-refractivity contribution in [3.63, 3.8) is 0 Å². The normalized spacial score (nSPS) is 12.7. The molecular weight excluding hydrogens is 434 g/mol. The van der Waals surface area contributed by atoms with Crippen LogP contribution in [-0.2, 0) is 21.4 Å². The van der Waals surface area contributed by atoms with Gasteiger partial charge in [0.15, 0.2) is 23.0 Å². The number of hydrogen-bond acceptors (Lipinski definition) is 7. The molecule has 2 aromatic carbocycles. The SMILES string of the molecule is CCC(CCCN(C)CCc1ccc(OC)c(OC)c1)(C(=O)OC)c1ccc(OC)c(OC)c1. The lowest BCUT2D eigenvalue weighted by atomic mass is 9.74. The maximum atomic E-state index is 13.0. The highest BCUT2D eigenvalue weighted by Crippen LogP contribution is 2.39. The van der Waals surface area contributed by atoms with Crippen molar-refractivity contribution in [1.29, 1.82) is 0 Å². The largest absolute Gasteiger partial charge is 0.493 e. The lowest BCUT2D eigenvalue weighted by molar-refractivity contribution is -0.148. The van der Waals surface area contributed by atoms with Gasteiger partial charge in [-0.15, -0.1) is 0 Å². The number of carbonyl (C=O) groups excluding carboxylic acids is 1. The second kappa shape index (κ2) is 13.1. The zero-order valence-electron chi connectivity index (χ0n) is 21.6. The molecule has 0 aliphatic heterocycles. The van der Waals surface area contributed by atoms with Crippen LogP contribution in [0.15, 0.2) is 36.4 Å². The Bertz CT molecular complexity index is 931. The van der Waals surface area contributed by atoms with Gasteiger partial charge in [-0.05, 0) is 74.7 Å². The lowest BCUT2D eigenvalue weighted by Crippen LogP contribution is -2.37. The van der Waals surface area contributed by atoms with Gasteiger partial charge in [0, 0.05) is 6.54 Å². The summed E-state index contributed by atoms with van der Waals surface area (Å²) >= 11 is 0. The molecule has 2 rings (SSSR count). The van der Waals surface area contributed by atoms with Crippen LogP contribution < -0.4 is 18.9 Å². The molecule has 2 aromatic rings. The highest BCUT2D eigenvalue weighted by molar-refractivity contribution is 5.83. The van der Waals surface area contributed by atoms with Crippen molar-refractivity contribution in [3.05, 3.63) is 47.5 Å². The lowest BCUT2D eigenvalue weighted by Gasteiger charge is -2.31. The zero-order chi connectivity index (χ0) is 25.1. The van der Waals surface area contributed by atoms with Gasteiger partial charge in [0.25, 0.3) is 0 Å². The first kappa shape index (κ1) is 27.3. The molecule has 0 spiro atoms. The summed E-state index contributed by atoms with van der Waals surface area (Å²) in [5.74, 6) is 2.48. The molecule has 0 aromatic heterocycles. The predicted molar refractivity (Wildman–Crippen MR) is 134 cm³/mol. The number of nitrogens with zero attached hydrogens (tertiary/aromatic N) is 1. The minimum Gasteiger partial charge on any atom is -0.493 e. The minimum absolute atomic E-state index is 0.227. The van der Waals surface area contributed by atoms with E-state index in [4.69, 9.17) is 23.7 Å². The van der Waals surface area contributed by atoms with E-state index >= 15 is 0 Å². The van der Waals surface area contributed by atoms with Gasteiger partial charge in [0.05, 0.1) is 41.0 Å². The number of esters is 1. The number of ether oxygens (including phenoxy) is 5. The molecule has 0 aliphatic rings. The Morgan fingerprint density at radius 1 is 0.824 bits per heavy atom. The number of rotatable bonds is 14.